The van der Waals surface area contributed by atoms with Crippen LogP contribution in [-0.2, 0) is 38.4 Å². The number of imide groups is 1. The molecule has 1 aliphatic rings. The molecular formula is C39H41BrN6O6. The Balaban J connectivity index is 1.43. The molecule has 5 rings (SSSR count). The van der Waals surface area contributed by atoms with Crippen LogP contribution in [0.25, 0.3) is 10.8 Å². The fourth-order valence-electron chi connectivity index (χ4n) is 5.58. The lowest BCUT2D eigenvalue weighted by molar-refractivity contribution is -0.130. The van der Waals surface area contributed by atoms with Gasteiger partial charge in [0, 0.05) is 23.5 Å². The van der Waals surface area contributed by atoms with E-state index < -0.39 is 53.6 Å². The third kappa shape index (κ3) is 11.2. The second-order valence-corrected chi connectivity index (χ2v) is 14.4. The molecule has 4 N–H and O–H groups in total. The first-order valence-corrected chi connectivity index (χ1v) is 17.6. The van der Waals surface area contributed by atoms with Crippen LogP contribution in [0.4, 0.5) is 9.59 Å². The van der Waals surface area contributed by atoms with Crippen molar-refractivity contribution in [1.29, 1.82) is 0 Å². The van der Waals surface area contributed by atoms with Crippen molar-refractivity contribution >= 4 is 62.8 Å². The lowest BCUT2D eigenvalue weighted by Gasteiger charge is -2.26. The summed E-state index contributed by atoms with van der Waals surface area (Å²) in [5.74, 6) is -1.59. The molecular weight excluding hydrogens is 728 g/mol. The quantitative estimate of drug-likeness (QED) is 0.110. The van der Waals surface area contributed by atoms with Gasteiger partial charge in [-0.3, -0.25) is 19.7 Å². The van der Waals surface area contributed by atoms with Crippen LogP contribution in [0.15, 0.2) is 107 Å². The van der Waals surface area contributed by atoms with Gasteiger partial charge in [-0.25, -0.2) is 14.6 Å². The number of ether oxygens (including phenoxy) is 1. The lowest BCUT2D eigenvalue weighted by atomic mass is 9.99. The fourth-order valence-corrected chi connectivity index (χ4v) is 5.84. The molecule has 1 fully saturated rings. The van der Waals surface area contributed by atoms with Gasteiger partial charge in [0.05, 0.1) is 6.04 Å². The number of fused-ring (bicyclic) bond motifs is 1. The number of urea groups is 1. The van der Waals surface area contributed by atoms with Crippen molar-refractivity contribution in [1.82, 2.24) is 26.3 Å². The van der Waals surface area contributed by atoms with E-state index in [1.165, 1.54) is 6.21 Å². The molecule has 1 heterocycles. The van der Waals surface area contributed by atoms with Gasteiger partial charge in [-0.05, 0) is 66.8 Å². The molecule has 12 nitrogen and oxygen atoms in total. The molecule has 3 unspecified atom stereocenters. The predicted octanol–water partition coefficient (Wildman–Crippen LogP) is 5.03. The molecule has 0 saturated carbocycles. The summed E-state index contributed by atoms with van der Waals surface area (Å²) in [6, 6.07) is 26.8. The van der Waals surface area contributed by atoms with Crippen molar-refractivity contribution in [3.8, 4) is 0 Å². The average Bonchev–Trinajstić information content (AvgIpc) is 3.43. The Bertz CT molecular complexity index is 1950. The Morgan fingerprint density at radius 1 is 0.788 bits per heavy atom. The minimum absolute atomic E-state index is 0.123. The second kappa shape index (κ2) is 17.1. The van der Waals surface area contributed by atoms with E-state index in [-0.39, 0.29) is 19.4 Å². The normalized spacial score (nSPS) is 14.8. The molecule has 0 spiro atoms. The van der Waals surface area contributed by atoms with E-state index in [2.05, 4.69) is 42.3 Å². The number of alkyl carbamates (subject to hydrolysis) is 1. The van der Waals surface area contributed by atoms with Gasteiger partial charge in [0.15, 0.2) is 0 Å². The average molecular weight is 770 g/mol. The SMILES string of the molecule is CC(C)(C)OC(=O)NC(Cc1ccc(Br)cc1)C(=O)NC(Cc1ccc2ccccc2c1)C(=O)NC(C=NN1CC(=O)NC1=O)Cc1ccccc1. The third-order valence-corrected chi connectivity index (χ3v) is 8.56. The third-order valence-electron chi connectivity index (χ3n) is 8.03. The topological polar surface area (TPSA) is 158 Å². The molecule has 4 aromatic carbocycles. The van der Waals surface area contributed by atoms with Gasteiger partial charge in [0.25, 0.3) is 0 Å². The summed E-state index contributed by atoms with van der Waals surface area (Å²) >= 11 is 3.42. The van der Waals surface area contributed by atoms with E-state index in [0.717, 1.165) is 36.9 Å². The summed E-state index contributed by atoms with van der Waals surface area (Å²) in [6.07, 6.45) is 1.19. The number of hydrazone groups is 1. The van der Waals surface area contributed by atoms with Crippen LogP contribution >= 0.6 is 15.9 Å². The largest absolute Gasteiger partial charge is 0.444 e. The number of amides is 6. The summed E-state index contributed by atoms with van der Waals surface area (Å²) in [7, 11) is 0. The zero-order valence-electron chi connectivity index (χ0n) is 29.1. The predicted molar refractivity (Wildman–Crippen MR) is 201 cm³/mol. The highest BCUT2D eigenvalue weighted by molar-refractivity contribution is 9.10. The number of hydrogen-bond acceptors (Lipinski definition) is 7. The number of nitrogens with zero attached hydrogens (tertiary/aromatic N) is 2. The summed E-state index contributed by atoms with van der Waals surface area (Å²) in [5.41, 5.74) is 1.65. The van der Waals surface area contributed by atoms with E-state index in [9.17, 15) is 24.0 Å². The van der Waals surface area contributed by atoms with Crippen molar-refractivity contribution in [2.45, 2.75) is 63.8 Å². The highest BCUT2D eigenvalue weighted by Crippen LogP contribution is 2.18. The molecule has 0 bridgehead atoms. The minimum Gasteiger partial charge on any atom is -0.444 e. The van der Waals surface area contributed by atoms with Crippen molar-refractivity contribution in [2.75, 3.05) is 6.54 Å². The number of carbonyl (C=O) groups excluding carboxylic acids is 5. The molecule has 0 aromatic heterocycles. The van der Waals surface area contributed by atoms with Gasteiger partial charge in [0.1, 0.15) is 24.2 Å². The van der Waals surface area contributed by atoms with E-state index in [4.69, 9.17) is 4.74 Å². The van der Waals surface area contributed by atoms with Gasteiger partial charge in [0.2, 0.25) is 17.7 Å². The lowest BCUT2D eigenvalue weighted by Crippen LogP contribution is -2.56. The molecule has 6 amide bonds. The van der Waals surface area contributed by atoms with Crippen LogP contribution in [0.3, 0.4) is 0 Å². The van der Waals surface area contributed by atoms with Crippen LogP contribution in [0.2, 0.25) is 0 Å². The summed E-state index contributed by atoms with van der Waals surface area (Å²) in [6.45, 7) is 4.93. The van der Waals surface area contributed by atoms with Crippen molar-refractivity contribution in [2.24, 2.45) is 5.10 Å². The minimum atomic E-state index is -1.09. The molecule has 52 heavy (non-hydrogen) atoms. The Morgan fingerprint density at radius 2 is 1.38 bits per heavy atom. The molecule has 1 aliphatic heterocycles. The molecule has 4 aromatic rings. The Morgan fingerprint density at radius 3 is 2.06 bits per heavy atom. The van der Waals surface area contributed by atoms with E-state index in [1.807, 2.05) is 97.1 Å². The first kappa shape index (κ1) is 37.7. The van der Waals surface area contributed by atoms with Gasteiger partial charge in [-0.15, -0.1) is 0 Å². The van der Waals surface area contributed by atoms with E-state index in [0.29, 0.717) is 6.42 Å². The van der Waals surface area contributed by atoms with Crippen LogP contribution in [0.5, 0.6) is 0 Å². The van der Waals surface area contributed by atoms with Crippen molar-refractivity contribution < 1.29 is 28.7 Å². The van der Waals surface area contributed by atoms with Gasteiger partial charge < -0.3 is 20.7 Å². The number of halogens is 1. The van der Waals surface area contributed by atoms with Crippen molar-refractivity contribution in [3.05, 3.63) is 118 Å². The van der Waals surface area contributed by atoms with Crippen molar-refractivity contribution in [3.63, 3.8) is 0 Å². The maximum atomic E-state index is 14.2. The Kier molecular flexibility index (Phi) is 12.4. The Hall–Kier alpha value is -5.56. The smallest absolute Gasteiger partial charge is 0.408 e. The van der Waals surface area contributed by atoms with Crippen LogP contribution in [0, 0.1) is 0 Å². The number of rotatable bonds is 13. The first-order chi connectivity index (χ1) is 24.8. The number of carbonyl (C=O) groups is 5. The maximum absolute atomic E-state index is 14.2. The molecule has 3 atom stereocenters. The highest BCUT2D eigenvalue weighted by Gasteiger charge is 2.31. The molecule has 0 radical (unpaired) electrons. The zero-order valence-corrected chi connectivity index (χ0v) is 30.7. The molecule has 1 saturated heterocycles. The van der Waals surface area contributed by atoms with E-state index >= 15 is 0 Å². The summed E-state index contributed by atoms with van der Waals surface area (Å²) in [5, 5.41) is 17.9. The maximum Gasteiger partial charge on any atom is 0.408 e. The monoisotopic (exact) mass is 768 g/mol. The molecule has 0 aliphatic carbocycles. The second-order valence-electron chi connectivity index (χ2n) is 13.5. The summed E-state index contributed by atoms with van der Waals surface area (Å²) in [4.78, 5) is 65.2. The van der Waals surface area contributed by atoms with Crippen LogP contribution in [-0.4, -0.2) is 71.3 Å². The molecule has 270 valence electrons. The first-order valence-electron chi connectivity index (χ1n) is 16.8. The van der Waals surface area contributed by atoms with Gasteiger partial charge in [-0.1, -0.05) is 101 Å². The number of hydrogen-bond donors (Lipinski definition) is 4. The Labute approximate surface area is 310 Å². The number of benzene rings is 4. The van der Waals surface area contributed by atoms with E-state index in [1.54, 1.807) is 20.8 Å². The van der Waals surface area contributed by atoms with Crippen LogP contribution < -0.4 is 21.3 Å². The molecule has 13 heteroatoms. The van der Waals surface area contributed by atoms with Gasteiger partial charge >= 0.3 is 12.1 Å². The summed E-state index contributed by atoms with van der Waals surface area (Å²) < 4.78 is 6.33. The fraction of sp³-hybridized carbons (Fsp3) is 0.282. The zero-order chi connectivity index (χ0) is 37.3. The van der Waals surface area contributed by atoms with Gasteiger partial charge in [-0.2, -0.15) is 5.10 Å². The van der Waals surface area contributed by atoms with Crippen LogP contribution in [0.1, 0.15) is 37.5 Å². The standard InChI is InChI=1S/C39H41BrN6O6/c1-39(2,3)52-38(51)44-33(21-26-14-17-30(40)18-15-26)36(49)43-32(22-27-13-16-28-11-7-8-12-29(28)19-27)35(48)42-31(20-25-9-5-4-6-10-25)23-41-46-24-34(47)45-37(46)50/h4-19,23,31-33H,20-22,24H2,1-3H3,(H,42,48)(H,43,49)(H,44,51)(H,45,47,50). The highest BCUT2D eigenvalue weighted by atomic mass is 79.9. The number of nitrogens with one attached hydrogen (secondary N) is 4.